The molecule has 5 nitrogen and oxygen atoms in total. The van der Waals surface area contributed by atoms with Gasteiger partial charge in [0, 0.05) is 4.47 Å². The summed E-state index contributed by atoms with van der Waals surface area (Å²) in [6.07, 6.45) is 1.99. The zero-order valence-electron chi connectivity index (χ0n) is 10.3. The van der Waals surface area contributed by atoms with E-state index in [0.29, 0.717) is 4.77 Å². The van der Waals surface area contributed by atoms with Crippen LogP contribution in [0.5, 0.6) is 0 Å². The van der Waals surface area contributed by atoms with Gasteiger partial charge in [-0.05, 0) is 42.7 Å². The van der Waals surface area contributed by atoms with E-state index in [-0.39, 0.29) is 0 Å². The van der Waals surface area contributed by atoms with Gasteiger partial charge in [0.15, 0.2) is 0 Å². The van der Waals surface area contributed by atoms with Crippen LogP contribution in [0.1, 0.15) is 0 Å². The molecular weight excluding hydrogens is 346 g/mol. The van der Waals surface area contributed by atoms with Crippen LogP contribution < -0.4 is 4.57 Å². The molecule has 0 spiro atoms. The smallest absolute Gasteiger partial charge is 0.178 e. The molecule has 0 aliphatic heterocycles. The molecule has 0 radical (unpaired) electrons. The Morgan fingerprint density at radius 3 is 2.68 bits per heavy atom. The van der Waals surface area contributed by atoms with Gasteiger partial charge in [0.2, 0.25) is 0 Å². The molecule has 0 bridgehead atoms. The number of hydrogen-bond acceptors (Lipinski definition) is 3. The van der Waals surface area contributed by atoms with E-state index >= 15 is 0 Å². The average molecular weight is 357 g/mol. The van der Waals surface area contributed by atoms with Crippen LogP contribution in [-0.2, 0) is 7.05 Å². The van der Waals surface area contributed by atoms with Gasteiger partial charge in [0.05, 0.1) is 12.7 Å². The highest BCUT2D eigenvalue weighted by Crippen LogP contribution is 2.15. The van der Waals surface area contributed by atoms with E-state index in [1.54, 1.807) is 11.8 Å². The minimum atomic E-state index is 0.644. The van der Waals surface area contributed by atoms with Crippen molar-refractivity contribution in [1.82, 2.24) is 19.4 Å². The summed E-state index contributed by atoms with van der Waals surface area (Å²) in [6, 6.07) is 8.01. The van der Waals surface area contributed by atoms with Crippen LogP contribution in [0.4, 0.5) is 0 Å². The summed E-state index contributed by atoms with van der Waals surface area (Å²) >= 11 is 10.4. The maximum Gasteiger partial charge on any atom is 0.380 e. The van der Waals surface area contributed by atoms with Crippen molar-refractivity contribution in [2.24, 2.45) is 7.05 Å². The van der Waals surface area contributed by atoms with Gasteiger partial charge < -0.3 is 0 Å². The molecule has 3 rings (SSSR count). The van der Waals surface area contributed by atoms with Crippen LogP contribution in [-0.4, -0.2) is 25.7 Å². The summed E-state index contributed by atoms with van der Waals surface area (Å²) < 4.78 is 7.37. The van der Waals surface area contributed by atoms with Crippen molar-refractivity contribution in [1.29, 1.82) is 0 Å². The normalized spacial score (nSPS) is 11.3. The van der Waals surface area contributed by atoms with Crippen LogP contribution in [0.3, 0.4) is 0 Å². The van der Waals surface area contributed by atoms with Crippen molar-refractivity contribution < 1.29 is 4.57 Å². The van der Waals surface area contributed by atoms with Crippen molar-refractivity contribution in [3.63, 3.8) is 0 Å². The van der Waals surface area contributed by atoms with Crippen LogP contribution in [0.2, 0.25) is 0 Å². The van der Waals surface area contributed by atoms with Crippen LogP contribution >= 0.6 is 39.9 Å². The minimum absolute atomic E-state index is 0.644. The summed E-state index contributed by atoms with van der Waals surface area (Å²) in [6.45, 7) is 0. The maximum atomic E-state index is 5.41. The summed E-state index contributed by atoms with van der Waals surface area (Å²) in [4.78, 5) is 0. The number of rotatable bonds is 2. The molecule has 0 saturated carbocycles. The third-order valence-electron chi connectivity index (χ3n) is 2.79. The number of hydrogen-bond donors (Lipinski definition) is 1. The van der Waals surface area contributed by atoms with Crippen LogP contribution in [0, 0.1) is 4.77 Å². The molecule has 0 saturated heterocycles. The SMILES string of the molecule is CSc1nn(C)c2n1[nH]c(=S)[n+]2-c1ccc(Br)cc1. The van der Waals surface area contributed by atoms with E-state index in [2.05, 4.69) is 26.1 Å². The van der Waals surface area contributed by atoms with E-state index in [4.69, 9.17) is 12.2 Å². The minimum Gasteiger partial charge on any atom is -0.178 e. The van der Waals surface area contributed by atoms with Crippen molar-refractivity contribution in [3.8, 4) is 5.69 Å². The maximum absolute atomic E-state index is 5.41. The number of H-pyrrole nitrogens is 1. The van der Waals surface area contributed by atoms with Crippen molar-refractivity contribution in [2.75, 3.05) is 6.26 Å². The summed E-state index contributed by atoms with van der Waals surface area (Å²) in [5.41, 5.74) is 1.00. The third kappa shape index (κ3) is 2.03. The number of halogens is 1. The number of benzene rings is 1. The second-order valence-electron chi connectivity index (χ2n) is 3.97. The Hall–Kier alpha value is -1.12. The van der Waals surface area contributed by atoms with Crippen LogP contribution in [0.25, 0.3) is 11.5 Å². The standard InChI is InChI=1S/C11H10BrN5S2/c1-15-11-16(8-5-3-7(12)4-6-8)9(18)13-17(11)10(14-15)19-2/h3-6H,1-2H3/p+1. The summed E-state index contributed by atoms with van der Waals surface area (Å²) in [5.74, 6) is 0.900. The zero-order valence-corrected chi connectivity index (χ0v) is 13.5. The molecule has 0 aliphatic rings. The van der Waals surface area contributed by atoms with Gasteiger partial charge in [-0.1, -0.05) is 37.3 Å². The zero-order chi connectivity index (χ0) is 13.6. The lowest BCUT2D eigenvalue weighted by Gasteiger charge is -1.98. The number of nitrogens with zero attached hydrogens (tertiary/aromatic N) is 4. The van der Waals surface area contributed by atoms with E-state index in [0.717, 1.165) is 21.1 Å². The molecule has 1 aromatic carbocycles. The highest BCUT2D eigenvalue weighted by molar-refractivity contribution is 9.10. The van der Waals surface area contributed by atoms with Crippen molar-refractivity contribution >= 4 is 45.7 Å². The van der Waals surface area contributed by atoms with Gasteiger partial charge in [-0.2, -0.15) is 14.3 Å². The average Bonchev–Trinajstić information content (AvgIpc) is 2.88. The Balaban J connectivity index is 2.34. The van der Waals surface area contributed by atoms with E-state index in [9.17, 15) is 0 Å². The molecule has 2 heterocycles. The van der Waals surface area contributed by atoms with Crippen molar-refractivity contribution in [2.45, 2.75) is 5.16 Å². The quantitative estimate of drug-likeness (QED) is 0.435. The van der Waals surface area contributed by atoms with Crippen molar-refractivity contribution in [3.05, 3.63) is 33.5 Å². The number of aromatic amines is 1. The summed E-state index contributed by atoms with van der Waals surface area (Å²) in [7, 11) is 1.91. The molecule has 19 heavy (non-hydrogen) atoms. The Labute approximate surface area is 127 Å². The summed E-state index contributed by atoms with van der Waals surface area (Å²) in [5, 5.41) is 8.48. The highest BCUT2D eigenvalue weighted by Gasteiger charge is 2.22. The van der Waals surface area contributed by atoms with Gasteiger partial charge in [-0.25, -0.2) is 0 Å². The van der Waals surface area contributed by atoms with Gasteiger partial charge in [-0.3, -0.25) is 0 Å². The van der Waals surface area contributed by atoms with E-state index in [1.165, 1.54) is 0 Å². The Morgan fingerprint density at radius 1 is 1.37 bits per heavy atom. The van der Waals surface area contributed by atoms with Gasteiger partial charge in [0.25, 0.3) is 9.93 Å². The Morgan fingerprint density at radius 2 is 2.05 bits per heavy atom. The first-order valence-corrected chi connectivity index (χ1v) is 7.94. The molecule has 8 heteroatoms. The molecule has 0 atom stereocenters. The molecule has 98 valence electrons. The first-order chi connectivity index (χ1) is 9.11. The second-order valence-corrected chi connectivity index (χ2v) is 6.05. The number of nitrogens with one attached hydrogen (secondary N) is 1. The number of aromatic nitrogens is 5. The fourth-order valence-corrected chi connectivity index (χ4v) is 3.04. The van der Waals surface area contributed by atoms with Gasteiger partial charge >= 0.3 is 5.78 Å². The Kier molecular flexibility index (Phi) is 3.23. The number of thioether (sulfide) groups is 1. The first-order valence-electron chi connectivity index (χ1n) is 5.51. The number of fused-ring (bicyclic) bond motifs is 1. The Bertz CT molecular complexity index is 799. The second kappa shape index (κ2) is 4.77. The number of aryl methyl sites for hydroxylation is 1. The van der Waals surface area contributed by atoms with Gasteiger partial charge in [0.1, 0.15) is 0 Å². The highest BCUT2D eigenvalue weighted by atomic mass is 79.9. The molecular formula is C11H11BrN5S2+. The monoisotopic (exact) mass is 356 g/mol. The van der Waals surface area contributed by atoms with E-state index < -0.39 is 0 Å². The lowest BCUT2D eigenvalue weighted by atomic mass is 10.3. The molecule has 0 fully saturated rings. The molecule has 2 aromatic heterocycles. The molecule has 0 unspecified atom stereocenters. The van der Waals surface area contributed by atoms with E-state index in [1.807, 2.05) is 51.3 Å². The molecule has 3 aromatic rings. The molecule has 0 amide bonds. The topological polar surface area (TPSA) is 41.9 Å². The fourth-order valence-electron chi connectivity index (χ4n) is 1.98. The molecule has 1 N–H and O–H groups in total. The predicted octanol–water partition coefficient (Wildman–Crippen LogP) is 2.49. The fraction of sp³-hybridized carbons (Fsp3) is 0.182. The van der Waals surface area contributed by atoms with Crippen LogP contribution in [0.15, 0.2) is 33.9 Å². The predicted molar refractivity (Wildman–Crippen MR) is 80.4 cm³/mol. The lowest BCUT2D eigenvalue weighted by Crippen LogP contribution is -2.32. The first kappa shape index (κ1) is 12.9. The molecule has 0 aliphatic carbocycles. The largest absolute Gasteiger partial charge is 0.380 e. The van der Waals surface area contributed by atoms with Gasteiger partial charge in [-0.15, -0.1) is 0 Å². The lowest BCUT2D eigenvalue weighted by molar-refractivity contribution is -0.579. The third-order valence-corrected chi connectivity index (χ3v) is 4.23.